The van der Waals surface area contributed by atoms with Crippen molar-refractivity contribution in [1.82, 2.24) is 14.8 Å². The highest BCUT2D eigenvalue weighted by atomic mass is 16.5. The fraction of sp³-hybridized carbons (Fsp3) is 0.0455. The van der Waals surface area contributed by atoms with E-state index >= 15 is 0 Å². The summed E-state index contributed by atoms with van der Waals surface area (Å²) in [4.78, 5) is 15.1. The lowest BCUT2D eigenvalue weighted by Crippen LogP contribution is -2.03. The van der Waals surface area contributed by atoms with E-state index in [0.29, 0.717) is 12.3 Å². The number of nitrogens with zero attached hydrogens (tertiary/aromatic N) is 3. The first-order valence-corrected chi connectivity index (χ1v) is 8.56. The summed E-state index contributed by atoms with van der Waals surface area (Å²) in [5.74, 6) is 0.814. The third-order valence-electron chi connectivity index (χ3n) is 4.31. The first-order valence-electron chi connectivity index (χ1n) is 8.56. The van der Waals surface area contributed by atoms with E-state index in [1.165, 1.54) is 0 Å². The van der Waals surface area contributed by atoms with Crippen molar-refractivity contribution in [3.05, 3.63) is 84.4 Å². The maximum absolute atomic E-state index is 10.7. The normalized spacial score (nSPS) is 10.6. The van der Waals surface area contributed by atoms with Crippen LogP contribution in [0.1, 0.15) is 5.56 Å². The largest absolute Gasteiger partial charge is 0.410 e. The van der Waals surface area contributed by atoms with Gasteiger partial charge in [-0.1, -0.05) is 66.7 Å². The second-order valence-corrected chi connectivity index (χ2v) is 6.01. The standard InChI is InChI=1S/C22H17N3O2/c1-16-21(17-9-4-2-5-10-17)24-25(22(16)18-11-6-3-7-12-18)19-13-8-14-20(23-19)27-15-26/h2-15H,1H3. The summed E-state index contributed by atoms with van der Waals surface area (Å²) in [6.45, 7) is 2.42. The van der Waals surface area contributed by atoms with Crippen molar-refractivity contribution in [2.24, 2.45) is 0 Å². The molecular weight excluding hydrogens is 338 g/mol. The second-order valence-electron chi connectivity index (χ2n) is 6.01. The van der Waals surface area contributed by atoms with Gasteiger partial charge in [0, 0.05) is 22.8 Å². The molecule has 0 unspecified atom stereocenters. The predicted molar refractivity (Wildman–Crippen MR) is 104 cm³/mol. The molecule has 0 saturated heterocycles. The topological polar surface area (TPSA) is 57.0 Å². The lowest BCUT2D eigenvalue weighted by Gasteiger charge is -2.08. The van der Waals surface area contributed by atoms with Crippen LogP contribution in [-0.4, -0.2) is 21.2 Å². The van der Waals surface area contributed by atoms with E-state index in [4.69, 9.17) is 9.84 Å². The van der Waals surface area contributed by atoms with Gasteiger partial charge in [0.05, 0.1) is 11.4 Å². The Balaban J connectivity index is 1.95. The molecule has 0 radical (unpaired) electrons. The number of hydrogen-bond acceptors (Lipinski definition) is 4. The molecular formula is C22H17N3O2. The van der Waals surface area contributed by atoms with Crippen molar-refractivity contribution in [2.45, 2.75) is 6.92 Å². The van der Waals surface area contributed by atoms with E-state index in [0.717, 1.165) is 28.1 Å². The number of benzene rings is 2. The van der Waals surface area contributed by atoms with Gasteiger partial charge in [0.15, 0.2) is 5.82 Å². The van der Waals surface area contributed by atoms with Gasteiger partial charge >= 0.3 is 0 Å². The average molecular weight is 355 g/mol. The van der Waals surface area contributed by atoms with Gasteiger partial charge in [0.25, 0.3) is 6.47 Å². The van der Waals surface area contributed by atoms with Crippen LogP contribution < -0.4 is 4.74 Å². The summed E-state index contributed by atoms with van der Waals surface area (Å²) in [5.41, 5.74) is 4.96. The Morgan fingerprint density at radius 3 is 2.19 bits per heavy atom. The Bertz CT molecular complexity index is 1070. The molecule has 0 bridgehead atoms. The fourth-order valence-electron chi connectivity index (χ4n) is 3.10. The van der Waals surface area contributed by atoms with Gasteiger partial charge < -0.3 is 4.74 Å². The molecule has 0 N–H and O–H groups in total. The smallest absolute Gasteiger partial charge is 0.299 e. The molecule has 2 heterocycles. The van der Waals surface area contributed by atoms with Crippen molar-refractivity contribution in [1.29, 1.82) is 0 Å². The zero-order valence-electron chi connectivity index (χ0n) is 14.7. The minimum atomic E-state index is 0.232. The first-order chi connectivity index (χ1) is 13.3. The summed E-state index contributed by atoms with van der Waals surface area (Å²) < 4.78 is 6.70. The monoisotopic (exact) mass is 355 g/mol. The van der Waals surface area contributed by atoms with Crippen LogP contribution >= 0.6 is 0 Å². The summed E-state index contributed by atoms with van der Waals surface area (Å²) in [6.07, 6.45) is 0. The Kier molecular flexibility index (Phi) is 4.49. The van der Waals surface area contributed by atoms with Gasteiger partial charge in [0.2, 0.25) is 5.88 Å². The molecule has 2 aromatic heterocycles. The molecule has 2 aromatic carbocycles. The minimum Gasteiger partial charge on any atom is -0.410 e. The SMILES string of the molecule is Cc1c(-c2ccccc2)nn(-c2cccc(OC=O)n2)c1-c1ccccc1. The second kappa shape index (κ2) is 7.25. The van der Waals surface area contributed by atoms with Crippen LogP contribution in [0.4, 0.5) is 0 Å². The molecule has 132 valence electrons. The average Bonchev–Trinajstić information content (AvgIpc) is 3.07. The Morgan fingerprint density at radius 2 is 1.52 bits per heavy atom. The summed E-state index contributed by atoms with van der Waals surface area (Å²) in [5, 5.41) is 4.84. The number of carbonyl (C=O) groups is 1. The van der Waals surface area contributed by atoms with E-state index in [2.05, 4.69) is 11.9 Å². The molecule has 0 aliphatic heterocycles. The molecule has 4 aromatic rings. The summed E-state index contributed by atoms with van der Waals surface area (Å²) in [7, 11) is 0. The number of pyridine rings is 1. The van der Waals surface area contributed by atoms with Crippen LogP contribution in [0, 0.1) is 6.92 Å². The van der Waals surface area contributed by atoms with Crippen LogP contribution in [0.2, 0.25) is 0 Å². The molecule has 5 heteroatoms. The Morgan fingerprint density at radius 1 is 0.852 bits per heavy atom. The van der Waals surface area contributed by atoms with Gasteiger partial charge in [-0.05, 0) is 13.0 Å². The highest BCUT2D eigenvalue weighted by Crippen LogP contribution is 2.33. The van der Waals surface area contributed by atoms with Crippen LogP contribution in [0.5, 0.6) is 5.88 Å². The van der Waals surface area contributed by atoms with Crippen LogP contribution in [-0.2, 0) is 4.79 Å². The Hall–Kier alpha value is -3.73. The highest BCUT2D eigenvalue weighted by Gasteiger charge is 2.19. The van der Waals surface area contributed by atoms with Crippen molar-refractivity contribution in [3.63, 3.8) is 0 Å². The van der Waals surface area contributed by atoms with E-state index in [-0.39, 0.29) is 5.88 Å². The molecule has 5 nitrogen and oxygen atoms in total. The van der Waals surface area contributed by atoms with E-state index in [1.54, 1.807) is 16.8 Å². The van der Waals surface area contributed by atoms with Crippen molar-refractivity contribution in [3.8, 4) is 34.2 Å². The molecule has 0 atom stereocenters. The third kappa shape index (κ3) is 3.22. The third-order valence-corrected chi connectivity index (χ3v) is 4.31. The lowest BCUT2D eigenvalue weighted by molar-refractivity contribution is -0.120. The first kappa shape index (κ1) is 16.7. The zero-order chi connectivity index (χ0) is 18.6. The number of carbonyl (C=O) groups excluding carboxylic acids is 1. The molecule has 0 fully saturated rings. The molecule has 27 heavy (non-hydrogen) atoms. The number of aromatic nitrogens is 3. The van der Waals surface area contributed by atoms with Crippen molar-refractivity contribution in [2.75, 3.05) is 0 Å². The maximum atomic E-state index is 10.7. The summed E-state index contributed by atoms with van der Waals surface area (Å²) >= 11 is 0. The zero-order valence-corrected chi connectivity index (χ0v) is 14.7. The molecule has 0 saturated carbocycles. The van der Waals surface area contributed by atoms with Gasteiger partial charge in [0.1, 0.15) is 0 Å². The van der Waals surface area contributed by atoms with Gasteiger partial charge in [-0.25, -0.2) is 4.68 Å². The summed E-state index contributed by atoms with van der Waals surface area (Å²) in [6, 6.07) is 25.4. The van der Waals surface area contributed by atoms with Gasteiger partial charge in [-0.3, -0.25) is 4.79 Å². The minimum absolute atomic E-state index is 0.232. The number of hydrogen-bond donors (Lipinski definition) is 0. The Labute approximate surface area is 156 Å². The molecule has 0 aliphatic rings. The quantitative estimate of drug-likeness (QED) is 0.497. The van der Waals surface area contributed by atoms with Crippen LogP contribution in [0.25, 0.3) is 28.3 Å². The number of ether oxygens (including phenoxy) is 1. The van der Waals surface area contributed by atoms with Crippen molar-refractivity contribution >= 4 is 6.47 Å². The van der Waals surface area contributed by atoms with E-state index < -0.39 is 0 Å². The lowest BCUT2D eigenvalue weighted by atomic mass is 10.0. The van der Waals surface area contributed by atoms with Gasteiger partial charge in [-0.15, -0.1) is 0 Å². The molecule has 0 amide bonds. The fourth-order valence-corrected chi connectivity index (χ4v) is 3.10. The van der Waals surface area contributed by atoms with E-state index in [9.17, 15) is 4.79 Å². The van der Waals surface area contributed by atoms with Gasteiger partial charge in [-0.2, -0.15) is 10.1 Å². The number of rotatable bonds is 5. The van der Waals surface area contributed by atoms with Crippen molar-refractivity contribution < 1.29 is 9.53 Å². The highest BCUT2D eigenvalue weighted by molar-refractivity contribution is 5.75. The molecule has 0 spiro atoms. The van der Waals surface area contributed by atoms with E-state index in [1.807, 2.05) is 66.7 Å². The maximum Gasteiger partial charge on any atom is 0.299 e. The van der Waals surface area contributed by atoms with Crippen LogP contribution in [0.15, 0.2) is 78.9 Å². The van der Waals surface area contributed by atoms with Crippen LogP contribution in [0.3, 0.4) is 0 Å². The molecule has 0 aliphatic carbocycles. The predicted octanol–water partition coefficient (Wildman–Crippen LogP) is 4.44. The molecule has 4 rings (SSSR count).